The van der Waals surface area contributed by atoms with E-state index in [0.717, 1.165) is 11.3 Å². The Kier molecular flexibility index (Phi) is 3.43. The fourth-order valence-electron chi connectivity index (χ4n) is 2.01. The Morgan fingerprint density at radius 2 is 1.71 bits per heavy atom. The van der Waals surface area contributed by atoms with Crippen LogP contribution in [0.3, 0.4) is 0 Å². The van der Waals surface area contributed by atoms with Crippen molar-refractivity contribution in [3.8, 4) is 22.8 Å². The molecule has 1 aromatic heterocycles. The first-order chi connectivity index (χ1) is 10.2. The number of amides is 1. The second kappa shape index (κ2) is 5.54. The van der Waals surface area contributed by atoms with Gasteiger partial charge in [0.05, 0.1) is 11.8 Å². The SMILES string of the molecule is NC(=O)c1ccc(Oc2ccccc2-c2ccco2)cc1. The van der Waals surface area contributed by atoms with Crippen LogP contribution in [-0.2, 0) is 0 Å². The number of benzene rings is 2. The zero-order chi connectivity index (χ0) is 14.7. The lowest BCUT2D eigenvalue weighted by molar-refractivity contribution is 0.100. The van der Waals surface area contributed by atoms with E-state index in [1.165, 1.54) is 0 Å². The van der Waals surface area contributed by atoms with Gasteiger partial charge in [-0.25, -0.2) is 0 Å². The van der Waals surface area contributed by atoms with E-state index in [9.17, 15) is 4.79 Å². The summed E-state index contributed by atoms with van der Waals surface area (Å²) in [4.78, 5) is 11.0. The van der Waals surface area contributed by atoms with Crippen LogP contribution in [0.25, 0.3) is 11.3 Å². The molecule has 2 aromatic carbocycles. The highest BCUT2D eigenvalue weighted by Crippen LogP contribution is 2.33. The van der Waals surface area contributed by atoms with Crippen LogP contribution < -0.4 is 10.5 Å². The summed E-state index contributed by atoms with van der Waals surface area (Å²) in [7, 11) is 0. The summed E-state index contributed by atoms with van der Waals surface area (Å²) >= 11 is 0. The number of rotatable bonds is 4. The molecule has 104 valence electrons. The van der Waals surface area contributed by atoms with Crippen molar-refractivity contribution in [1.29, 1.82) is 0 Å². The molecule has 0 radical (unpaired) electrons. The molecule has 0 aliphatic heterocycles. The second-order valence-electron chi connectivity index (χ2n) is 4.46. The van der Waals surface area contributed by atoms with Gasteiger partial charge in [-0.3, -0.25) is 4.79 Å². The third kappa shape index (κ3) is 2.79. The molecular formula is C17H13NO3. The first-order valence-electron chi connectivity index (χ1n) is 6.44. The maximum atomic E-state index is 11.0. The minimum absolute atomic E-state index is 0.446. The zero-order valence-electron chi connectivity index (χ0n) is 11.2. The van der Waals surface area contributed by atoms with Gasteiger partial charge < -0.3 is 14.9 Å². The number of carbonyl (C=O) groups excluding carboxylic acids is 1. The van der Waals surface area contributed by atoms with E-state index in [2.05, 4.69) is 0 Å². The average molecular weight is 279 g/mol. The highest BCUT2D eigenvalue weighted by atomic mass is 16.5. The molecule has 1 heterocycles. The van der Waals surface area contributed by atoms with E-state index in [1.54, 1.807) is 30.5 Å². The van der Waals surface area contributed by atoms with E-state index in [4.69, 9.17) is 14.9 Å². The highest BCUT2D eigenvalue weighted by molar-refractivity contribution is 5.92. The van der Waals surface area contributed by atoms with Crippen LogP contribution in [0.5, 0.6) is 11.5 Å². The largest absolute Gasteiger partial charge is 0.464 e. The minimum atomic E-state index is -0.461. The molecule has 0 atom stereocenters. The van der Waals surface area contributed by atoms with Gasteiger partial charge in [-0.1, -0.05) is 12.1 Å². The molecule has 0 saturated heterocycles. The predicted molar refractivity (Wildman–Crippen MR) is 79.2 cm³/mol. The average Bonchev–Trinajstić information content (AvgIpc) is 3.02. The summed E-state index contributed by atoms with van der Waals surface area (Å²) in [6.45, 7) is 0. The van der Waals surface area contributed by atoms with Crippen LogP contribution in [0.1, 0.15) is 10.4 Å². The van der Waals surface area contributed by atoms with Crippen molar-refractivity contribution in [3.05, 3.63) is 72.5 Å². The lowest BCUT2D eigenvalue weighted by atomic mass is 10.1. The summed E-state index contributed by atoms with van der Waals surface area (Å²) in [6.07, 6.45) is 1.62. The summed E-state index contributed by atoms with van der Waals surface area (Å²) in [6, 6.07) is 18.0. The van der Waals surface area contributed by atoms with Gasteiger partial charge in [0.2, 0.25) is 5.91 Å². The van der Waals surface area contributed by atoms with Gasteiger partial charge in [-0.15, -0.1) is 0 Å². The molecular weight excluding hydrogens is 266 g/mol. The van der Waals surface area contributed by atoms with Crippen LogP contribution in [0.15, 0.2) is 71.3 Å². The number of furan rings is 1. The van der Waals surface area contributed by atoms with Gasteiger partial charge in [0.25, 0.3) is 0 Å². The van der Waals surface area contributed by atoms with Crippen molar-refractivity contribution in [3.63, 3.8) is 0 Å². The third-order valence-electron chi connectivity index (χ3n) is 3.04. The lowest BCUT2D eigenvalue weighted by Crippen LogP contribution is -2.10. The number of ether oxygens (including phenoxy) is 1. The van der Waals surface area contributed by atoms with Gasteiger partial charge in [-0.2, -0.15) is 0 Å². The van der Waals surface area contributed by atoms with E-state index >= 15 is 0 Å². The Hall–Kier alpha value is -3.01. The normalized spacial score (nSPS) is 10.3. The second-order valence-corrected chi connectivity index (χ2v) is 4.46. The smallest absolute Gasteiger partial charge is 0.248 e. The van der Waals surface area contributed by atoms with Crippen molar-refractivity contribution in [1.82, 2.24) is 0 Å². The molecule has 0 bridgehead atoms. The van der Waals surface area contributed by atoms with Gasteiger partial charge >= 0.3 is 0 Å². The number of hydrogen-bond acceptors (Lipinski definition) is 3. The van der Waals surface area contributed by atoms with Gasteiger partial charge in [-0.05, 0) is 48.5 Å². The molecule has 3 aromatic rings. The van der Waals surface area contributed by atoms with Crippen LogP contribution in [0.2, 0.25) is 0 Å². The molecule has 0 spiro atoms. The number of para-hydroxylation sites is 1. The highest BCUT2D eigenvalue weighted by Gasteiger charge is 2.09. The molecule has 0 unspecified atom stereocenters. The maximum absolute atomic E-state index is 11.0. The molecule has 3 rings (SSSR count). The van der Waals surface area contributed by atoms with Crippen LogP contribution in [0, 0.1) is 0 Å². The van der Waals surface area contributed by atoms with E-state index in [-0.39, 0.29) is 0 Å². The third-order valence-corrected chi connectivity index (χ3v) is 3.04. The quantitative estimate of drug-likeness (QED) is 0.789. The fraction of sp³-hybridized carbons (Fsp3) is 0. The van der Waals surface area contributed by atoms with Gasteiger partial charge in [0.15, 0.2) is 0 Å². The molecule has 0 aliphatic carbocycles. The molecule has 0 fully saturated rings. The van der Waals surface area contributed by atoms with Gasteiger partial charge in [0, 0.05) is 5.56 Å². The predicted octanol–water partition coefficient (Wildman–Crippen LogP) is 3.84. The Bertz CT molecular complexity index is 746. The number of primary amides is 1. The first-order valence-corrected chi connectivity index (χ1v) is 6.44. The standard InChI is InChI=1S/C17H13NO3/c18-17(19)12-7-9-13(10-8-12)21-16-5-2-1-4-14(16)15-6-3-11-20-15/h1-11H,(H2,18,19). The van der Waals surface area contributed by atoms with E-state index in [0.29, 0.717) is 17.1 Å². The maximum Gasteiger partial charge on any atom is 0.248 e. The monoisotopic (exact) mass is 279 g/mol. The molecule has 1 amide bonds. The molecule has 2 N–H and O–H groups in total. The Labute approximate surface area is 121 Å². The van der Waals surface area contributed by atoms with Crippen molar-refractivity contribution >= 4 is 5.91 Å². The minimum Gasteiger partial charge on any atom is -0.464 e. The summed E-state index contributed by atoms with van der Waals surface area (Å²) < 4.78 is 11.3. The van der Waals surface area contributed by atoms with Crippen LogP contribution in [-0.4, -0.2) is 5.91 Å². The molecule has 0 aliphatic rings. The summed E-state index contributed by atoms with van der Waals surface area (Å²) in [5, 5.41) is 0. The van der Waals surface area contributed by atoms with Crippen LogP contribution in [0.4, 0.5) is 0 Å². The Morgan fingerprint density at radius 3 is 2.38 bits per heavy atom. The Balaban J connectivity index is 1.90. The van der Waals surface area contributed by atoms with Crippen LogP contribution >= 0.6 is 0 Å². The Morgan fingerprint density at radius 1 is 0.952 bits per heavy atom. The number of hydrogen-bond donors (Lipinski definition) is 1. The van der Waals surface area contributed by atoms with Crippen molar-refractivity contribution < 1.29 is 13.9 Å². The molecule has 0 saturated carbocycles. The summed E-state index contributed by atoms with van der Waals surface area (Å²) in [5.74, 6) is 1.58. The van der Waals surface area contributed by atoms with Crippen molar-refractivity contribution in [2.75, 3.05) is 0 Å². The molecule has 21 heavy (non-hydrogen) atoms. The zero-order valence-corrected chi connectivity index (χ0v) is 11.2. The van der Waals surface area contributed by atoms with E-state index < -0.39 is 5.91 Å². The van der Waals surface area contributed by atoms with Gasteiger partial charge in [0.1, 0.15) is 17.3 Å². The van der Waals surface area contributed by atoms with E-state index in [1.807, 2.05) is 36.4 Å². The lowest BCUT2D eigenvalue weighted by Gasteiger charge is -2.09. The molecule has 4 nitrogen and oxygen atoms in total. The first kappa shape index (κ1) is 13.0. The fourth-order valence-corrected chi connectivity index (χ4v) is 2.01. The van der Waals surface area contributed by atoms with Crippen molar-refractivity contribution in [2.24, 2.45) is 5.73 Å². The summed E-state index contributed by atoms with van der Waals surface area (Å²) in [5.41, 5.74) is 6.52. The molecule has 4 heteroatoms. The number of carbonyl (C=O) groups is 1. The topological polar surface area (TPSA) is 65.5 Å². The van der Waals surface area contributed by atoms with Crippen molar-refractivity contribution in [2.45, 2.75) is 0 Å². The number of nitrogens with two attached hydrogens (primary N) is 1.